The maximum atomic E-state index is 12.4. The van der Waals surface area contributed by atoms with Gasteiger partial charge >= 0.3 is 0 Å². The van der Waals surface area contributed by atoms with Crippen LogP contribution in [-0.4, -0.2) is 37.1 Å². The summed E-state index contributed by atoms with van der Waals surface area (Å²) in [5.41, 5.74) is 1.00. The lowest BCUT2D eigenvalue weighted by molar-refractivity contribution is 0.200. The number of hydrazine groups is 1. The highest BCUT2D eigenvalue weighted by atomic mass is 32.2. The Balaban J connectivity index is 1.67. The fourth-order valence-electron chi connectivity index (χ4n) is 2.64. The van der Waals surface area contributed by atoms with Gasteiger partial charge in [0, 0.05) is 44.6 Å². The van der Waals surface area contributed by atoms with E-state index in [1.165, 1.54) is 19.3 Å². The van der Waals surface area contributed by atoms with Crippen LogP contribution in [0.1, 0.15) is 37.8 Å². The molecule has 0 unspecified atom stereocenters. The molecule has 0 atom stereocenters. The van der Waals surface area contributed by atoms with Crippen molar-refractivity contribution in [2.75, 3.05) is 13.1 Å². The van der Waals surface area contributed by atoms with Crippen molar-refractivity contribution in [2.45, 2.75) is 49.6 Å². The van der Waals surface area contributed by atoms with Gasteiger partial charge in [-0.1, -0.05) is 6.42 Å². The fourth-order valence-corrected chi connectivity index (χ4v) is 3.86. The highest BCUT2D eigenvalue weighted by Crippen LogP contribution is 2.20. The average molecular weight is 312 g/mol. The SMILES string of the molecule is Cn1cc(S(=O)(=O)NN2CCCCC2)cc1CNC1CC1. The van der Waals surface area contributed by atoms with Gasteiger partial charge in [0.25, 0.3) is 10.0 Å². The standard InChI is InChI=1S/C14H24N4O2S/c1-17-11-14(9-13(17)10-15-12-5-6-12)21(19,20)16-18-7-3-2-4-8-18/h9,11-12,15-16H,2-8,10H2,1H3. The summed E-state index contributed by atoms with van der Waals surface area (Å²) in [5, 5.41) is 5.23. The summed E-state index contributed by atoms with van der Waals surface area (Å²) >= 11 is 0. The number of piperidine rings is 1. The van der Waals surface area contributed by atoms with Crippen molar-refractivity contribution in [3.05, 3.63) is 18.0 Å². The van der Waals surface area contributed by atoms with Gasteiger partial charge < -0.3 is 9.88 Å². The van der Waals surface area contributed by atoms with Crippen molar-refractivity contribution in [1.82, 2.24) is 19.7 Å². The Bertz CT molecular complexity index is 586. The van der Waals surface area contributed by atoms with E-state index < -0.39 is 10.0 Å². The summed E-state index contributed by atoms with van der Waals surface area (Å²) in [4.78, 5) is 3.05. The van der Waals surface area contributed by atoms with Crippen molar-refractivity contribution in [3.8, 4) is 0 Å². The van der Waals surface area contributed by atoms with Gasteiger partial charge in [0.05, 0.1) is 0 Å². The summed E-state index contributed by atoms with van der Waals surface area (Å²) in [6.45, 7) is 2.31. The zero-order chi connectivity index (χ0) is 14.9. The molecule has 6 nitrogen and oxygen atoms in total. The van der Waals surface area contributed by atoms with E-state index in [1.807, 2.05) is 16.6 Å². The Morgan fingerprint density at radius 3 is 2.62 bits per heavy atom. The number of hydrogen-bond acceptors (Lipinski definition) is 4. The van der Waals surface area contributed by atoms with Crippen molar-refractivity contribution in [1.29, 1.82) is 0 Å². The van der Waals surface area contributed by atoms with E-state index in [-0.39, 0.29) is 0 Å². The second kappa shape index (κ2) is 6.08. The summed E-state index contributed by atoms with van der Waals surface area (Å²) in [6.07, 6.45) is 7.43. The number of sulfonamides is 1. The molecule has 7 heteroatoms. The number of nitrogens with zero attached hydrogens (tertiary/aromatic N) is 2. The molecule has 2 N–H and O–H groups in total. The third-order valence-electron chi connectivity index (χ3n) is 4.15. The van der Waals surface area contributed by atoms with E-state index in [9.17, 15) is 8.42 Å². The number of aryl methyl sites for hydroxylation is 1. The fraction of sp³-hybridized carbons (Fsp3) is 0.714. The predicted molar refractivity (Wildman–Crippen MR) is 81.0 cm³/mol. The molecule has 1 saturated carbocycles. The van der Waals surface area contributed by atoms with Crippen molar-refractivity contribution < 1.29 is 8.42 Å². The quantitative estimate of drug-likeness (QED) is 0.821. The van der Waals surface area contributed by atoms with Gasteiger partial charge in [-0.3, -0.25) is 0 Å². The second-order valence-corrected chi connectivity index (χ2v) is 7.74. The minimum Gasteiger partial charge on any atom is -0.352 e. The average Bonchev–Trinajstić information content (AvgIpc) is 3.20. The number of hydrogen-bond donors (Lipinski definition) is 2. The van der Waals surface area contributed by atoms with Crippen LogP contribution in [0.2, 0.25) is 0 Å². The molecule has 1 saturated heterocycles. The van der Waals surface area contributed by atoms with Gasteiger partial charge in [0.2, 0.25) is 0 Å². The van der Waals surface area contributed by atoms with E-state index in [1.54, 1.807) is 12.3 Å². The third-order valence-corrected chi connectivity index (χ3v) is 5.49. The van der Waals surface area contributed by atoms with Crippen LogP contribution in [0.4, 0.5) is 0 Å². The molecule has 0 aromatic carbocycles. The molecule has 0 amide bonds. The Hall–Kier alpha value is -0.890. The molecule has 1 aromatic rings. The van der Waals surface area contributed by atoms with Crippen LogP contribution in [0.15, 0.2) is 17.2 Å². The van der Waals surface area contributed by atoms with Crippen LogP contribution < -0.4 is 10.1 Å². The molecule has 0 radical (unpaired) electrons. The molecule has 1 aromatic heterocycles. The molecule has 2 heterocycles. The molecule has 2 fully saturated rings. The third kappa shape index (κ3) is 3.85. The molecule has 3 rings (SSSR count). The van der Waals surface area contributed by atoms with E-state index in [2.05, 4.69) is 10.1 Å². The molecule has 1 aliphatic heterocycles. The highest BCUT2D eigenvalue weighted by molar-refractivity contribution is 7.89. The molecule has 0 bridgehead atoms. The predicted octanol–water partition coefficient (Wildman–Crippen LogP) is 0.956. The summed E-state index contributed by atoms with van der Waals surface area (Å²) < 4.78 is 26.7. The van der Waals surface area contributed by atoms with Gasteiger partial charge in [-0.2, -0.15) is 0 Å². The van der Waals surface area contributed by atoms with E-state index in [0.29, 0.717) is 10.9 Å². The van der Waals surface area contributed by atoms with Gasteiger partial charge in [-0.05, 0) is 31.7 Å². The molecular weight excluding hydrogens is 288 g/mol. The van der Waals surface area contributed by atoms with Crippen molar-refractivity contribution >= 4 is 10.0 Å². The van der Waals surface area contributed by atoms with Crippen LogP contribution >= 0.6 is 0 Å². The second-order valence-electron chi connectivity index (χ2n) is 6.08. The lowest BCUT2D eigenvalue weighted by Gasteiger charge is -2.26. The van der Waals surface area contributed by atoms with E-state index >= 15 is 0 Å². The minimum atomic E-state index is -3.46. The Morgan fingerprint density at radius 2 is 1.95 bits per heavy atom. The van der Waals surface area contributed by atoms with Crippen LogP contribution in [-0.2, 0) is 23.6 Å². The molecule has 21 heavy (non-hydrogen) atoms. The first-order chi connectivity index (χ1) is 10.0. The first-order valence-electron chi connectivity index (χ1n) is 7.70. The van der Waals surface area contributed by atoms with Crippen LogP contribution in [0.3, 0.4) is 0 Å². The van der Waals surface area contributed by atoms with Crippen LogP contribution in [0.5, 0.6) is 0 Å². The zero-order valence-electron chi connectivity index (χ0n) is 12.5. The smallest absolute Gasteiger partial charge is 0.254 e. The van der Waals surface area contributed by atoms with E-state index in [0.717, 1.165) is 38.2 Å². The maximum Gasteiger partial charge on any atom is 0.254 e. The first-order valence-corrected chi connectivity index (χ1v) is 9.19. The first kappa shape index (κ1) is 15.0. The topological polar surface area (TPSA) is 66.4 Å². The number of aromatic nitrogens is 1. The monoisotopic (exact) mass is 312 g/mol. The lowest BCUT2D eigenvalue weighted by atomic mass is 10.2. The summed E-state index contributed by atoms with van der Waals surface area (Å²) in [6, 6.07) is 2.38. The zero-order valence-corrected chi connectivity index (χ0v) is 13.3. The van der Waals surface area contributed by atoms with Gasteiger partial charge in [-0.15, -0.1) is 4.83 Å². The molecule has 1 aliphatic carbocycles. The Labute approximate surface area is 126 Å². The van der Waals surface area contributed by atoms with Gasteiger partial charge in [-0.25, -0.2) is 13.4 Å². The normalized spacial score (nSPS) is 20.8. The Kier molecular flexibility index (Phi) is 4.35. The molecule has 2 aliphatic rings. The van der Waals surface area contributed by atoms with E-state index in [4.69, 9.17) is 0 Å². The molecular formula is C14H24N4O2S. The Morgan fingerprint density at radius 1 is 1.24 bits per heavy atom. The highest BCUT2D eigenvalue weighted by Gasteiger charge is 2.23. The number of rotatable bonds is 6. The summed E-state index contributed by atoms with van der Waals surface area (Å²) in [7, 11) is -1.56. The maximum absolute atomic E-state index is 12.4. The minimum absolute atomic E-state index is 0.350. The van der Waals surface area contributed by atoms with Crippen molar-refractivity contribution in [2.24, 2.45) is 7.05 Å². The van der Waals surface area contributed by atoms with Crippen LogP contribution in [0.25, 0.3) is 0 Å². The van der Waals surface area contributed by atoms with Crippen LogP contribution in [0, 0.1) is 0 Å². The van der Waals surface area contributed by atoms with Crippen molar-refractivity contribution in [3.63, 3.8) is 0 Å². The van der Waals surface area contributed by atoms with Gasteiger partial charge in [0.15, 0.2) is 0 Å². The molecule has 118 valence electrons. The largest absolute Gasteiger partial charge is 0.352 e. The summed E-state index contributed by atoms with van der Waals surface area (Å²) in [5.74, 6) is 0. The number of nitrogens with one attached hydrogen (secondary N) is 2. The lowest BCUT2D eigenvalue weighted by Crippen LogP contribution is -2.44. The van der Waals surface area contributed by atoms with Gasteiger partial charge in [0.1, 0.15) is 4.90 Å². The molecule has 0 spiro atoms.